The molecule has 2 heterocycles. The first-order valence-electron chi connectivity index (χ1n) is 9.95. The second kappa shape index (κ2) is 10.0. The van der Waals surface area contributed by atoms with Crippen LogP contribution in [0.15, 0.2) is 73.4 Å². The first-order valence-corrected chi connectivity index (χ1v) is 11.6. The van der Waals surface area contributed by atoms with Crippen molar-refractivity contribution in [1.29, 1.82) is 0 Å². The molecule has 4 rings (SSSR count). The summed E-state index contributed by atoms with van der Waals surface area (Å²) in [7, 11) is -1.26. The van der Waals surface area contributed by atoms with E-state index in [1.807, 2.05) is 24.3 Å². The zero-order valence-corrected chi connectivity index (χ0v) is 18.1. The number of aromatic nitrogens is 1. The van der Waals surface area contributed by atoms with Gasteiger partial charge in [0, 0.05) is 44.3 Å². The monoisotopic (exact) mass is 429 g/mol. The van der Waals surface area contributed by atoms with E-state index >= 15 is 0 Å². The molecule has 0 unspecified atom stereocenters. The molecule has 0 spiro atoms. The molecule has 7 heteroatoms. The largest absolute Gasteiger partial charge is 0.304 e. The third-order valence-electron chi connectivity index (χ3n) is 5.11. The Labute approximate surface area is 178 Å². The number of benzene rings is 2. The van der Waals surface area contributed by atoms with Crippen molar-refractivity contribution >= 4 is 20.9 Å². The summed E-state index contributed by atoms with van der Waals surface area (Å²) < 4.78 is 38.3. The molecule has 0 N–H and O–H groups in total. The van der Waals surface area contributed by atoms with Gasteiger partial charge in [-0.25, -0.2) is 16.8 Å². The Morgan fingerprint density at radius 1 is 1.00 bits per heavy atom. The Hall–Kier alpha value is -2.48. The summed E-state index contributed by atoms with van der Waals surface area (Å²) in [5, 5.41) is 1.01. The number of halogens is 1. The molecule has 1 fully saturated rings. The van der Waals surface area contributed by atoms with Crippen molar-refractivity contribution in [2.45, 2.75) is 6.54 Å². The number of hydrogen-bond acceptors (Lipinski definition) is 4. The summed E-state index contributed by atoms with van der Waals surface area (Å²) in [5.41, 5.74) is 1.82. The van der Waals surface area contributed by atoms with Crippen LogP contribution in [0.1, 0.15) is 5.56 Å². The number of piperazine rings is 1. The number of rotatable bonds is 5. The van der Waals surface area contributed by atoms with Gasteiger partial charge in [-0.2, -0.15) is 0 Å². The van der Waals surface area contributed by atoms with Crippen molar-refractivity contribution in [2.24, 2.45) is 0 Å². The van der Waals surface area contributed by atoms with Gasteiger partial charge in [-0.1, -0.05) is 42.5 Å². The molecule has 1 saturated heterocycles. The quantitative estimate of drug-likeness (QED) is 0.582. The first kappa shape index (κ1) is 22.2. The number of hydrogen-bond donors (Lipinski definition) is 0. The molecule has 0 bridgehead atoms. The van der Waals surface area contributed by atoms with Gasteiger partial charge >= 0.3 is 0 Å². The van der Waals surface area contributed by atoms with Crippen molar-refractivity contribution in [3.63, 3.8) is 0 Å². The lowest BCUT2D eigenvalue weighted by Gasteiger charge is -2.32. The van der Waals surface area contributed by atoms with E-state index in [0.717, 1.165) is 49.2 Å². The van der Waals surface area contributed by atoms with Gasteiger partial charge < -0.3 is 4.90 Å². The van der Waals surface area contributed by atoms with E-state index in [1.54, 1.807) is 24.4 Å². The van der Waals surface area contributed by atoms with E-state index in [1.165, 1.54) is 22.2 Å². The van der Waals surface area contributed by atoms with Crippen LogP contribution < -0.4 is 0 Å². The molecular weight excluding hydrogens is 401 g/mol. The minimum absolute atomic E-state index is 0.0559. The summed E-state index contributed by atoms with van der Waals surface area (Å²) in [6, 6.07) is 15.6. The van der Waals surface area contributed by atoms with Crippen LogP contribution in [-0.2, 0) is 16.6 Å². The van der Waals surface area contributed by atoms with Crippen molar-refractivity contribution in [3.8, 4) is 0 Å². The van der Waals surface area contributed by atoms with Crippen LogP contribution in [0.2, 0.25) is 0 Å². The number of nitrogens with zero attached hydrogens (tertiary/aromatic N) is 3. The van der Waals surface area contributed by atoms with Gasteiger partial charge in [0.15, 0.2) is 0 Å². The zero-order valence-electron chi connectivity index (χ0n) is 17.2. The van der Waals surface area contributed by atoms with Gasteiger partial charge in [0.05, 0.1) is 11.3 Å². The molecule has 0 amide bonds. The second-order valence-corrected chi connectivity index (χ2v) is 9.30. The minimum Gasteiger partial charge on any atom is -0.304 e. The van der Waals surface area contributed by atoms with E-state index in [9.17, 15) is 12.8 Å². The fraction of sp³-hybridized carbons (Fsp3) is 0.304. The molecule has 5 nitrogen and oxygen atoms in total. The van der Waals surface area contributed by atoms with Crippen LogP contribution in [-0.4, -0.2) is 61.2 Å². The molecule has 30 heavy (non-hydrogen) atoms. The minimum atomic E-state index is -3.39. The highest BCUT2D eigenvalue weighted by Crippen LogP contribution is 2.25. The Balaban J connectivity index is 0.000000310. The van der Waals surface area contributed by atoms with Crippen LogP contribution >= 0.6 is 0 Å². The van der Waals surface area contributed by atoms with E-state index < -0.39 is 10.0 Å². The smallest absolute Gasteiger partial charge is 0.242 e. The highest BCUT2D eigenvalue weighted by molar-refractivity contribution is 7.90. The average Bonchev–Trinajstić information content (AvgIpc) is 3.10. The summed E-state index contributed by atoms with van der Waals surface area (Å²) >= 11 is 0. The predicted octanol–water partition coefficient (Wildman–Crippen LogP) is 3.58. The SMILES string of the molecule is C=CCS(=O)(=O)n1cc(CN2CCN(C)CC2)c2ccccc21.Fc1ccccc1. The second-order valence-electron chi connectivity index (χ2n) is 7.41. The Morgan fingerprint density at radius 2 is 1.63 bits per heavy atom. The highest BCUT2D eigenvalue weighted by Gasteiger charge is 2.20. The fourth-order valence-electron chi connectivity index (χ4n) is 3.46. The fourth-order valence-corrected chi connectivity index (χ4v) is 4.67. The maximum absolute atomic E-state index is 12.5. The molecule has 0 radical (unpaired) electrons. The molecule has 3 aromatic rings. The Morgan fingerprint density at radius 3 is 2.23 bits per heavy atom. The maximum atomic E-state index is 12.5. The standard InChI is InChI=1S/C17H23N3O2S.C6H5F/c1-3-12-23(21,22)20-14-15(16-6-4-5-7-17(16)20)13-19-10-8-18(2)9-11-19;7-6-4-2-1-3-5-6/h3-7,14H,1,8-13H2,2H3;1-5H. The first-order chi connectivity index (χ1) is 14.4. The van der Waals surface area contributed by atoms with E-state index in [2.05, 4.69) is 23.4 Å². The van der Waals surface area contributed by atoms with E-state index in [0.29, 0.717) is 0 Å². The van der Waals surface area contributed by atoms with E-state index in [-0.39, 0.29) is 11.6 Å². The van der Waals surface area contributed by atoms with Crippen LogP contribution in [0.25, 0.3) is 10.9 Å². The summed E-state index contributed by atoms with van der Waals surface area (Å²) in [6.07, 6.45) is 3.21. The molecule has 2 aromatic carbocycles. The Kier molecular flexibility index (Phi) is 7.42. The Bertz CT molecular complexity index is 1070. The highest BCUT2D eigenvalue weighted by atomic mass is 32.2. The third-order valence-corrected chi connectivity index (χ3v) is 6.67. The lowest BCUT2D eigenvalue weighted by atomic mass is 10.1. The summed E-state index contributed by atoms with van der Waals surface area (Å²) in [6.45, 7) is 8.45. The molecule has 0 atom stereocenters. The lowest BCUT2D eigenvalue weighted by Crippen LogP contribution is -2.43. The molecule has 1 aromatic heterocycles. The van der Waals surface area contributed by atoms with Gasteiger partial charge in [-0.15, -0.1) is 6.58 Å². The summed E-state index contributed by atoms with van der Waals surface area (Å²) in [5.74, 6) is -0.234. The van der Waals surface area contributed by atoms with Crippen LogP contribution in [0.4, 0.5) is 4.39 Å². The van der Waals surface area contributed by atoms with Crippen molar-refractivity contribution in [2.75, 3.05) is 39.0 Å². The zero-order chi connectivity index (χ0) is 21.6. The number of fused-ring (bicyclic) bond motifs is 1. The maximum Gasteiger partial charge on any atom is 0.242 e. The van der Waals surface area contributed by atoms with Crippen molar-refractivity contribution in [1.82, 2.24) is 13.8 Å². The van der Waals surface area contributed by atoms with Gasteiger partial charge in [-0.3, -0.25) is 4.90 Å². The topological polar surface area (TPSA) is 45.6 Å². The predicted molar refractivity (Wildman–Crippen MR) is 120 cm³/mol. The molecule has 1 aliphatic heterocycles. The van der Waals surface area contributed by atoms with Gasteiger partial charge in [-0.05, 0) is 30.8 Å². The average molecular weight is 430 g/mol. The van der Waals surface area contributed by atoms with Crippen LogP contribution in [0.5, 0.6) is 0 Å². The lowest BCUT2D eigenvalue weighted by molar-refractivity contribution is 0.148. The van der Waals surface area contributed by atoms with E-state index in [4.69, 9.17) is 0 Å². The third kappa shape index (κ3) is 5.56. The normalized spacial score (nSPS) is 15.5. The molecular formula is C23H28FN3O2S. The number of para-hydroxylation sites is 1. The molecule has 1 aliphatic rings. The molecule has 0 saturated carbocycles. The van der Waals surface area contributed by atoms with Gasteiger partial charge in [0.2, 0.25) is 10.0 Å². The van der Waals surface area contributed by atoms with Gasteiger partial charge in [0.25, 0.3) is 0 Å². The van der Waals surface area contributed by atoms with Crippen molar-refractivity contribution < 1.29 is 12.8 Å². The van der Waals surface area contributed by atoms with Crippen LogP contribution in [0, 0.1) is 5.82 Å². The molecule has 0 aliphatic carbocycles. The number of likely N-dealkylation sites (N-methyl/N-ethyl adjacent to an activating group) is 1. The van der Waals surface area contributed by atoms with Crippen molar-refractivity contribution in [3.05, 3.63) is 84.8 Å². The van der Waals surface area contributed by atoms with Gasteiger partial charge in [0.1, 0.15) is 5.82 Å². The molecule has 160 valence electrons. The summed E-state index contributed by atoms with van der Waals surface area (Å²) in [4.78, 5) is 4.69. The van der Waals surface area contributed by atoms with Crippen LogP contribution in [0.3, 0.4) is 0 Å².